The molecule has 4 saturated carbocycles. The molecule has 4 aliphatic heterocycles. The van der Waals surface area contributed by atoms with Crippen LogP contribution in [-0.2, 0) is 38.0 Å². The summed E-state index contributed by atoms with van der Waals surface area (Å²) in [6.45, 7) is 10.4. The molecule has 0 amide bonds. The number of esters is 1. The Kier molecular flexibility index (Phi) is 10.9. The lowest BCUT2D eigenvalue weighted by atomic mass is 9.43. The van der Waals surface area contributed by atoms with Crippen molar-refractivity contribution in [3.05, 3.63) is 11.6 Å². The van der Waals surface area contributed by atoms with Gasteiger partial charge < -0.3 is 58.7 Å². The Hall–Kier alpha value is -1.23. The van der Waals surface area contributed by atoms with E-state index in [4.69, 9.17) is 33.2 Å². The lowest BCUT2D eigenvalue weighted by Crippen LogP contribution is -2.62. The molecule has 4 heterocycles. The minimum absolute atomic E-state index is 0.0243. The van der Waals surface area contributed by atoms with E-state index in [2.05, 4.69) is 13.8 Å². The van der Waals surface area contributed by atoms with Gasteiger partial charge in [-0.2, -0.15) is 0 Å². The zero-order valence-electron chi connectivity index (χ0n) is 32.6. The Morgan fingerprint density at radius 2 is 1.30 bits per heavy atom. The van der Waals surface area contributed by atoms with Crippen LogP contribution in [0.3, 0.4) is 0 Å². The summed E-state index contributed by atoms with van der Waals surface area (Å²) in [5.74, 6) is 1.13. The van der Waals surface area contributed by atoms with E-state index in [1.54, 1.807) is 19.9 Å². The molecule has 54 heavy (non-hydrogen) atoms. The van der Waals surface area contributed by atoms with Crippen LogP contribution in [0.15, 0.2) is 11.6 Å². The first-order chi connectivity index (χ1) is 25.6. The first-order valence-electron chi connectivity index (χ1n) is 20.8. The fourth-order valence-corrected chi connectivity index (χ4v) is 12.8. The second-order valence-electron chi connectivity index (χ2n) is 18.7. The van der Waals surface area contributed by atoms with Crippen molar-refractivity contribution in [2.24, 2.45) is 34.5 Å². The van der Waals surface area contributed by atoms with Gasteiger partial charge in [0.1, 0.15) is 24.9 Å². The zero-order valence-corrected chi connectivity index (χ0v) is 32.6. The van der Waals surface area contributed by atoms with E-state index in [0.717, 1.165) is 63.4 Å². The third-order valence-corrected chi connectivity index (χ3v) is 15.9. The summed E-state index contributed by atoms with van der Waals surface area (Å²) < 4.78 is 42.2. The van der Waals surface area contributed by atoms with Gasteiger partial charge in [0.05, 0.1) is 48.3 Å². The average molecular weight is 765 g/mol. The molecule has 4 aliphatic carbocycles. The van der Waals surface area contributed by atoms with Crippen LogP contribution >= 0.6 is 0 Å². The van der Waals surface area contributed by atoms with Crippen LogP contribution in [0.5, 0.6) is 0 Å². The lowest BCUT2D eigenvalue weighted by Gasteiger charge is -2.64. The fourth-order valence-electron chi connectivity index (χ4n) is 12.8. The van der Waals surface area contributed by atoms with Gasteiger partial charge in [0.25, 0.3) is 0 Å². The predicted molar refractivity (Wildman–Crippen MR) is 191 cm³/mol. The van der Waals surface area contributed by atoms with Crippen LogP contribution in [-0.4, -0.2) is 124 Å². The average Bonchev–Trinajstić information content (AvgIpc) is 3.66. The summed E-state index contributed by atoms with van der Waals surface area (Å²) in [7, 11) is 0. The summed E-state index contributed by atoms with van der Waals surface area (Å²) in [6, 6.07) is 0. The summed E-state index contributed by atoms with van der Waals surface area (Å²) in [5, 5.41) is 55.0. The Morgan fingerprint density at radius 1 is 0.685 bits per heavy atom. The number of hydrogen-bond acceptors (Lipinski definition) is 13. The normalized spacial score (nSPS) is 55.0. The highest BCUT2D eigenvalue weighted by Crippen LogP contribution is 2.70. The molecule has 3 saturated heterocycles. The number of hydrogen-bond donors (Lipinski definition) is 5. The van der Waals surface area contributed by atoms with E-state index in [-0.39, 0.29) is 54.0 Å². The summed E-state index contributed by atoms with van der Waals surface area (Å²) in [4.78, 5) is 11.9. The maximum atomic E-state index is 12.6. The molecule has 306 valence electrons. The molecule has 0 aromatic rings. The molecular formula is C41H64O13. The fraction of sp³-hybridized carbons (Fsp3) is 0.927. The van der Waals surface area contributed by atoms with E-state index in [1.165, 1.54) is 0 Å². The number of aliphatic hydroxyl groups excluding tert-OH is 4. The lowest BCUT2D eigenvalue weighted by molar-refractivity contribution is -0.336. The van der Waals surface area contributed by atoms with Crippen molar-refractivity contribution in [1.82, 2.24) is 0 Å². The highest BCUT2D eigenvalue weighted by Gasteiger charge is 2.68. The van der Waals surface area contributed by atoms with Gasteiger partial charge in [-0.25, -0.2) is 4.79 Å². The molecule has 13 nitrogen and oxygen atoms in total. The number of cyclic esters (lactones) is 1. The molecule has 0 radical (unpaired) electrons. The summed E-state index contributed by atoms with van der Waals surface area (Å²) >= 11 is 0. The van der Waals surface area contributed by atoms with Crippen LogP contribution in [0.2, 0.25) is 0 Å². The number of fused-ring (bicyclic) bond motifs is 5. The van der Waals surface area contributed by atoms with E-state index >= 15 is 0 Å². The van der Waals surface area contributed by atoms with E-state index in [0.29, 0.717) is 18.4 Å². The van der Waals surface area contributed by atoms with Crippen molar-refractivity contribution in [3.63, 3.8) is 0 Å². The highest BCUT2D eigenvalue weighted by atomic mass is 16.7. The molecule has 8 rings (SSSR count). The van der Waals surface area contributed by atoms with E-state index in [1.807, 2.05) is 6.92 Å². The zero-order chi connectivity index (χ0) is 38.3. The molecule has 0 aromatic carbocycles. The second-order valence-corrected chi connectivity index (χ2v) is 18.7. The largest absolute Gasteiger partial charge is 0.458 e. The van der Waals surface area contributed by atoms with Crippen LogP contribution in [0.1, 0.15) is 112 Å². The molecule has 20 atom stereocenters. The minimum atomic E-state index is -0.996. The first kappa shape index (κ1) is 39.6. The van der Waals surface area contributed by atoms with Crippen LogP contribution in [0, 0.1) is 34.5 Å². The first-order valence-corrected chi connectivity index (χ1v) is 20.8. The Labute approximate surface area is 319 Å². The molecule has 0 bridgehead atoms. The number of carbonyl (C=O) groups is 1. The van der Waals surface area contributed by atoms with Crippen molar-refractivity contribution in [1.29, 1.82) is 0 Å². The second kappa shape index (κ2) is 14.9. The Balaban J connectivity index is 0.826. The van der Waals surface area contributed by atoms with Gasteiger partial charge >= 0.3 is 5.97 Å². The summed E-state index contributed by atoms with van der Waals surface area (Å²) in [6.07, 6.45) is 1.90. The van der Waals surface area contributed by atoms with Gasteiger partial charge in [-0.05, 0) is 113 Å². The molecular weight excluding hydrogens is 700 g/mol. The van der Waals surface area contributed by atoms with Gasteiger partial charge in [0.15, 0.2) is 18.9 Å². The molecule has 0 spiro atoms. The van der Waals surface area contributed by atoms with Gasteiger partial charge in [-0.1, -0.05) is 13.8 Å². The van der Waals surface area contributed by atoms with Crippen LogP contribution in [0.4, 0.5) is 0 Å². The van der Waals surface area contributed by atoms with Gasteiger partial charge in [-0.15, -0.1) is 0 Å². The van der Waals surface area contributed by atoms with Crippen LogP contribution < -0.4 is 0 Å². The van der Waals surface area contributed by atoms with Gasteiger partial charge in [0.2, 0.25) is 0 Å². The van der Waals surface area contributed by atoms with Gasteiger partial charge in [0, 0.05) is 30.8 Å². The molecule has 13 heteroatoms. The molecule has 5 N–H and O–H groups in total. The van der Waals surface area contributed by atoms with Crippen molar-refractivity contribution in [2.45, 2.75) is 197 Å². The predicted octanol–water partition coefficient (Wildman–Crippen LogP) is 3.25. The Bertz CT molecular complexity index is 1370. The quantitative estimate of drug-likeness (QED) is 0.188. The molecule has 8 aliphatic rings. The van der Waals surface area contributed by atoms with Crippen LogP contribution in [0.25, 0.3) is 0 Å². The minimum Gasteiger partial charge on any atom is -0.458 e. The maximum Gasteiger partial charge on any atom is 0.331 e. The standard InChI is InChI=1S/C41H64O13/c1-20-36(46)29(42)16-34(49-20)53-38-22(3)51-35(18-31(38)44)54-37-21(2)50-33(17-30(37)43)52-25-8-11-39(4)24(15-25)6-7-28-27(39)9-12-40(5)26(10-13-41(28,40)47)23-14-32(45)48-19-23/h14,20-22,24-31,33-38,42-44,46-47H,6-13,15-19H2,1-5H3/t20-,21+,22+,24+,25+,26-,27-,28+,29-,30+,31+,33-,34+,35-,36+,37-,38-,39+,40+,41+/m0/s1. The number of ether oxygens (including phenoxy) is 7. The topological polar surface area (TPSA) is 183 Å². The van der Waals surface area contributed by atoms with Crippen molar-refractivity contribution < 1.29 is 63.5 Å². The molecule has 0 aromatic heterocycles. The van der Waals surface area contributed by atoms with E-state index in [9.17, 15) is 30.3 Å². The molecule has 7 fully saturated rings. The highest BCUT2D eigenvalue weighted by molar-refractivity contribution is 5.85. The SMILES string of the molecule is C[C@@H]1O[C@H](O[C@@H]2[C@H](O)C[C@H](O[C@@H]3[C@H](O)C[C@H](O[C@@H]4CC[C@]5(C)[C@H](CC[C@@H]6[C@@H]5CC[C@]5(C)[C@H](C7=CC(=O)OC7)CC[C@@]65O)C4)O[C@@H]3C)O[C@@H]2C)C[C@H](O)[C@@H]1O. The number of carbonyl (C=O) groups excluding carboxylic acids is 1. The van der Waals surface area contributed by atoms with E-state index < -0.39 is 79.4 Å². The monoisotopic (exact) mass is 764 g/mol. The third-order valence-electron chi connectivity index (χ3n) is 15.9. The van der Waals surface area contributed by atoms with Crippen molar-refractivity contribution >= 4 is 5.97 Å². The number of aliphatic hydroxyl groups is 5. The van der Waals surface area contributed by atoms with Gasteiger partial charge in [-0.3, -0.25) is 0 Å². The summed E-state index contributed by atoms with van der Waals surface area (Å²) in [5.41, 5.74) is 0.215. The number of rotatable bonds is 7. The van der Waals surface area contributed by atoms with Crippen molar-refractivity contribution in [3.8, 4) is 0 Å². The third kappa shape index (κ3) is 6.82. The maximum absolute atomic E-state index is 12.6. The Morgan fingerprint density at radius 3 is 1.89 bits per heavy atom. The smallest absolute Gasteiger partial charge is 0.331 e. The molecule has 0 unspecified atom stereocenters. The van der Waals surface area contributed by atoms with Crippen molar-refractivity contribution in [2.75, 3.05) is 6.61 Å².